The van der Waals surface area contributed by atoms with Crippen LogP contribution in [0.5, 0.6) is 5.75 Å². The maximum atomic E-state index is 13.7. The van der Waals surface area contributed by atoms with Crippen LogP contribution in [0.15, 0.2) is 60.1 Å². The monoisotopic (exact) mass is 548 g/mol. The fourth-order valence-electron chi connectivity index (χ4n) is 3.96. The third-order valence-electron chi connectivity index (χ3n) is 5.84. The molecule has 37 heavy (non-hydrogen) atoms. The van der Waals surface area contributed by atoms with Gasteiger partial charge in [0.15, 0.2) is 11.6 Å². The highest BCUT2D eigenvalue weighted by atomic mass is 35.5. The number of nitrogens with one attached hydrogen (secondary N) is 2. The average Bonchev–Trinajstić information content (AvgIpc) is 3.24. The number of halogens is 2. The van der Waals surface area contributed by atoms with Crippen LogP contribution in [-0.2, 0) is 9.53 Å². The van der Waals surface area contributed by atoms with E-state index in [1.54, 1.807) is 36.4 Å². The first-order valence-electron chi connectivity index (χ1n) is 12.1. The number of amides is 1. The van der Waals surface area contributed by atoms with Crippen molar-refractivity contribution in [2.45, 2.75) is 30.9 Å². The first-order chi connectivity index (χ1) is 17.8. The summed E-state index contributed by atoms with van der Waals surface area (Å²) in [6, 6.07) is 12.3. The Morgan fingerprint density at radius 2 is 2.00 bits per heavy atom. The fraction of sp³-hybridized carbons (Fsp3) is 0.407. The lowest BCUT2D eigenvalue weighted by molar-refractivity contribution is -0.129. The van der Waals surface area contributed by atoms with Gasteiger partial charge in [-0.15, -0.1) is 6.58 Å². The second-order valence-corrected chi connectivity index (χ2v) is 9.83. The maximum absolute atomic E-state index is 13.7. The number of nitrogens with zero attached hydrogens (tertiary/aromatic N) is 2. The molecule has 2 atom stereocenters. The van der Waals surface area contributed by atoms with Crippen LogP contribution in [0.4, 0.5) is 0 Å². The number of aliphatic hydroxyl groups is 1. The molecule has 10 heteroatoms. The van der Waals surface area contributed by atoms with Gasteiger partial charge in [0.2, 0.25) is 5.90 Å². The summed E-state index contributed by atoms with van der Waals surface area (Å²) in [5.41, 5.74) is 5.75. The number of hydrogen-bond donors (Lipinski definition) is 3. The van der Waals surface area contributed by atoms with Gasteiger partial charge >= 0.3 is 0 Å². The summed E-state index contributed by atoms with van der Waals surface area (Å²) in [4.78, 5) is 20.6. The van der Waals surface area contributed by atoms with Gasteiger partial charge < -0.3 is 19.5 Å². The molecule has 2 aromatic carbocycles. The zero-order chi connectivity index (χ0) is 26.8. The van der Waals surface area contributed by atoms with Crippen molar-refractivity contribution in [2.75, 3.05) is 40.4 Å². The molecule has 8 nitrogen and oxygen atoms in total. The van der Waals surface area contributed by atoms with E-state index in [-0.39, 0.29) is 18.9 Å². The predicted molar refractivity (Wildman–Crippen MR) is 147 cm³/mol. The topological polar surface area (TPSA) is 95.4 Å². The molecule has 0 spiro atoms. The Labute approximate surface area is 228 Å². The summed E-state index contributed by atoms with van der Waals surface area (Å²) in [7, 11) is 4.00. The number of benzene rings is 2. The molecule has 1 aliphatic rings. The Kier molecular flexibility index (Phi) is 10.8. The zero-order valence-corrected chi connectivity index (χ0v) is 22.7. The van der Waals surface area contributed by atoms with E-state index in [2.05, 4.69) is 22.3 Å². The molecule has 0 saturated heterocycles. The summed E-state index contributed by atoms with van der Waals surface area (Å²) in [5, 5.41) is 9.80. The molecule has 3 N–H and O–H groups in total. The third-order valence-corrected chi connectivity index (χ3v) is 6.40. The van der Waals surface area contributed by atoms with Crippen molar-refractivity contribution in [3.8, 4) is 5.75 Å². The molecule has 0 aromatic heterocycles. The molecule has 0 aliphatic carbocycles. The van der Waals surface area contributed by atoms with Crippen LogP contribution in [0.1, 0.15) is 36.5 Å². The molecule has 1 aliphatic heterocycles. The van der Waals surface area contributed by atoms with E-state index in [0.29, 0.717) is 52.4 Å². The second kappa shape index (κ2) is 13.8. The number of hydrazine groups is 1. The molecule has 0 bridgehead atoms. The van der Waals surface area contributed by atoms with Crippen molar-refractivity contribution in [3.05, 3.63) is 76.3 Å². The number of carbonyl (C=O) groups excluding carboxylic acids is 1. The second-order valence-electron chi connectivity index (χ2n) is 8.99. The smallest absolute Gasteiger partial charge is 0.266 e. The summed E-state index contributed by atoms with van der Waals surface area (Å²) in [5.74, 6) is 0.611. The van der Waals surface area contributed by atoms with Crippen LogP contribution < -0.4 is 15.6 Å². The van der Waals surface area contributed by atoms with Gasteiger partial charge in [-0.25, -0.2) is 10.4 Å². The molecule has 0 unspecified atom stereocenters. The summed E-state index contributed by atoms with van der Waals surface area (Å²) < 4.78 is 12.0. The van der Waals surface area contributed by atoms with Gasteiger partial charge in [-0.1, -0.05) is 35.3 Å². The molecule has 2 aromatic rings. The highest BCUT2D eigenvalue weighted by molar-refractivity contribution is 6.35. The van der Waals surface area contributed by atoms with E-state index in [0.717, 1.165) is 13.0 Å². The first kappa shape index (κ1) is 28.9. The van der Waals surface area contributed by atoms with Gasteiger partial charge in [0.05, 0.1) is 6.61 Å². The largest absolute Gasteiger partial charge is 0.494 e. The minimum absolute atomic E-state index is 0.0648. The number of hydrogen-bond acceptors (Lipinski definition) is 7. The molecule has 0 radical (unpaired) electrons. The predicted octanol–water partition coefficient (Wildman–Crippen LogP) is 4.16. The Bertz CT molecular complexity index is 1090. The molecular formula is C27H34Cl2N4O4. The summed E-state index contributed by atoms with van der Waals surface area (Å²) in [6.07, 6.45) is 2.45. The van der Waals surface area contributed by atoms with E-state index >= 15 is 0 Å². The van der Waals surface area contributed by atoms with E-state index in [1.807, 2.05) is 26.2 Å². The third kappa shape index (κ3) is 7.46. The minimum atomic E-state index is -1.35. The van der Waals surface area contributed by atoms with Crippen LogP contribution in [-0.4, -0.2) is 67.7 Å². The molecule has 0 saturated carbocycles. The summed E-state index contributed by atoms with van der Waals surface area (Å²) >= 11 is 12.7. The fourth-order valence-corrected chi connectivity index (χ4v) is 4.47. The van der Waals surface area contributed by atoms with Crippen molar-refractivity contribution in [1.82, 2.24) is 15.8 Å². The van der Waals surface area contributed by atoms with Gasteiger partial charge in [0, 0.05) is 47.2 Å². The summed E-state index contributed by atoms with van der Waals surface area (Å²) in [6.45, 7) is 5.82. The average molecular weight is 549 g/mol. The quantitative estimate of drug-likeness (QED) is 0.186. The lowest BCUT2D eigenvalue weighted by Gasteiger charge is -2.30. The van der Waals surface area contributed by atoms with Gasteiger partial charge in [0.1, 0.15) is 5.75 Å². The van der Waals surface area contributed by atoms with Crippen molar-refractivity contribution < 1.29 is 19.4 Å². The van der Waals surface area contributed by atoms with Gasteiger partial charge in [-0.3, -0.25) is 10.2 Å². The molecular weight excluding hydrogens is 515 g/mol. The van der Waals surface area contributed by atoms with E-state index < -0.39 is 11.6 Å². The van der Waals surface area contributed by atoms with E-state index in [9.17, 15) is 4.79 Å². The maximum Gasteiger partial charge on any atom is 0.266 e. The van der Waals surface area contributed by atoms with Crippen LogP contribution in [0.2, 0.25) is 10.0 Å². The van der Waals surface area contributed by atoms with Crippen molar-refractivity contribution >= 4 is 35.0 Å². The number of aliphatic hydroxyl groups excluding tert-OH is 1. The van der Waals surface area contributed by atoms with Crippen LogP contribution in [0, 0.1) is 0 Å². The van der Waals surface area contributed by atoms with Crippen molar-refractivity contribution in [1.29, 1.82) is 0 Å². The highest BCUT2D eigenvalue weighted by Gasteiger charge is 2.53. The number of ether oxygens (including phenoxy) is 2. The van der Waals surface area contributed by atoms with Crippen LogP contribution in [0.25, 0.3) is 0 Å². The van der Waals surface area contributed by atoms with Crippen molar-refractivity contribution in [2.24, 2.45) is 4.99 Å². The molecule has 0 fully saturated rings. The van der Waals surface area contributed by atoms with E-state index in [1.165, 1.54) is 0 Å². The molecule has 1 heterocycles. The molecule has 200 valence electrons. The molecule has 3 rings (SSSR count). The Hall–Kier alpha value is -2.62. The first-order valence-corrected chi connectivity index (χ1v) is 12.9. The Balaban J connectivity index is 1.91. The Morgan fingerprint density at radius 1 is 1.24 bits per heavy atom. The normalized spacial score (nSPS) is 18.9. The lowest BCUT2D eigenvalue weighted by Crippen LogP contribution is -2.52. The SMILES string of the molecule is C=CC[C@]1(C(=O)NNCCCN(C)C)N=C(c2ccc(OCCCO)cc2)O[C@H]1c1ccc(Cl)cc1Cl. The standard InChI is InChI=1S/C27H34Cl2N4O4/c1-4-13-27(26(35)32-30-14-5-15-33(2)3)24(22-12-9-20(28)18-23(22)29)37-25(31-27)19-7-10-21(11-8-19)36-17-6-16-34/h4,7-12,18,24,30,34H,1,5-6,13-17H2,2-3H3,(H,32,35)/t24-,27-/m0/s1. The Morgan fingerprint density at radius 3 is 2.65 bits per heavy atom. The van der Waals surface area contributed by atoms with Gasteiger partial charge in [-0.05, 0) is 63.5 Å². The lowest BCUT2D eigenvalue weighted by atomic mass is 9.84. The zero-order valence-electron chi connectivity index (χ0n) is 21.2. The van der Waals surface area contributed by atoms with E-state index in [4.69, 9.17) is 42.8 Å². The van der Waals surface area contributed by atoms with Gasteiger partial charge in [0.25, 0.3) is 5.91 Å². The van der Waals surface area contributed by atoms with Crippen LogP contribution >= 0.6 is 23.2 Å². The minimum Gasteiger partial charge on any atom is -0.494 e. The van der Waals surface area contributed by atoms with Crippen LogP contribution in [0.3, 0.4) is 0 Å². The number of aliphatic imine (C=N–C) groups is 1. The highest BCUT2D eigenvalue weighted by Crippen LogP contribution is 2.45. The molecule has 1 amide bonds. The van der Waals surface area contributed by atoms with Crippen molar-refractivity contribution in [3.63, 3.8) is 0 Å². The number of carbonyl (C=O) groups is 1. The number of rotatable bonds is 14. The van der Waals surface area contributed by atoms with Gasteiger partial charge in [-0.2, -0.15) is 0 Å².